The van der Waals surface area contributed by atoms with E-state index in [1.165, 1.54) is 0 Å². The average molecular weight is 693 g/mol. The van der Waals surface area contributed by atoms with Gasteiger partial charge < -0.3 is 24.7 Å². The minimum absolute atomic E-state index is 0.00605. The van der Waals surface area contributed by atoms with Crippen molar-refractivity contribution >= 4 is 40.1 Å². The summed E-state index contributed by atoms with van der Waals surface area (Å²) in [5.74, 6) is 0.678. The maximum Gasteiger partial charge on any atom is 0.252 e. The number of unbranched alkanes of at least 4 members (excludes halogenated alkanes) is 2. The molecule has 11 nitrogen and oxygen atoms in total. The second-order valence-electron chi connectivity index (χ2n) is 12.3. The summed E-state index contributed by atoms with van der Waals surface area (Å²) in [4.78, 5) is 51.4. The van der Waals surface area contributed by atoms with Crippen molar-refractivity contribution in [2.75, 3.05) is 20.3 Å². The normalized spacial score (nSPS) is 17.8. The second kappa shape index (κ2) is 19.0. The van der Waals surface area contributed by atoms with E-state index in [1.54, 1.807) is 37.1 Å². The van der Waals surface area contributed by atoms with Gasteiger partial charge in [0.1, 0.15) is 28.9 Å². The van der Waals surface area contributed by atoms with Crippen LogP contribution in [-0.2, 0) is 30.1 Å². The molecule has 2 unspecified atom stereocenters. The summed E-state index contributed by atoms with van der Waals surface area (Å²) in [5.41, 5.74) is 2.59. The number of carbonyl (C=O) groups is 3. The molecule has 0 spiro atoms. The number of benzene rings is 2. The molecule has 3 amide bonds. The van der Waals surface area contributed by atoms with Crippen molar-refractivity contribution < 1.29 is 28.1 Å². The van der Waals surface area contributed by atoms with Crippen LogP contribution in [0.5, 0.6) is 5.75 Å². The van der Waals surface area contributed by atoms with Gasteiger partial charge in [0.15, 0.2) is 5.43 Å². The van der Waals surface area contributed by atoms with Crippen LogP contribution in [0, 0.1) is 0 Å². The number of hydrogen-bond donors (Lipinski definition) is 3. The Hall–Kier alpha value is -4.29. The van der Waals surface area contributed by atoms with Gasteiger partial charge >= 0.3 is 0 Å². The summed E-state index contributed by atoms with van der Waals surface area (Å²) >= 11 is 0. The highest BCUT2D eigenvalue weighted by Gasteiger charge is 2.38. The Morgan fingerprint density at radius 1 is 1.08 bits per heavy atom. The van der Waals surface area contributed by atoms with Gasteiger partial charge in [0.25, 0.3) is 5.91 Å². The molecule has 3 fully saturated rings. The molecule has 49 heavy (non-hydrogen) atoms. The number of H-pyrrole nitrogens is 1. The lowest BCUT2D eigenvalue weighted by atomic mass is 10.1. The van der Waals surface area contributed by atoms with E-state index in [2.05, 4.69) is 21.6 Å². The number of aromatic nitrogens is 1. The number of aromatic amines is 1. The summed E-state index contributed by atoms with van der Waals surface area (Å²) in [6.07, 6.45) is 10.6. The van der Waals surface area contributed by atoms with Crippen LogP contribution >= 0.6 is 0 Å². The number of nitrogens with one attached hydrogen (secondary N) is 3. The monoisotopic (exact) mass is 692 g/mol. The van der Waals surface area contributed by atoms with Crippen molar-refractivity contribution in [1.29, 1.82) is 0 Å². The Balaban J connectivity index is 0.000000182. The third-order valence-electron chi connectivity index (χ3n) is 8.39. The van der Waals surface area contributed by atoms with Gasteiger partial charge in [0, 0.05) is 42.4 Å². The molecule has 6 rings (SSSR count). The van der Waals surface area contributed by atoms with Crippen molar-refractivity contribution in [2.45, 2.75) is 88.1 Å². The van der Waals surface area contributed by atoms with Gasteiger partial charge in [-0.25, -0.2) is 4.21 Å². The number of nitrogens with zero attached hydrogens (tertiary/aromatic N) is 1. The first-order valence-corrected chi connectivity index (χ1v) is 18.2. The van der Waals surface area contributed by atoms with Crippen LogP contribution in [0.15, 0.2) is 72.0 Å². The molecule has 1 aromatic heterocycles. The standard InChI is InChI=1S/C17H28N2O3.C16H13NO2.C4H7NO2S/c1-3-4-5-6-12-22-13(2)17(21)19-11-7-8-15(19)16(20)18-14-9-10-14;1-19-12-7-8-13-15(9-12)17-14(10-16(13)18)11-5-3-2-4-6-11;6-3-5-8(7)4-1-2-4/h3,13-15H,1,4-12H2,2H3,(H,18,20);2-10H,1H3,(H,17,18);3-4H,1-2H2,(H,5,6)/t13-,15?;;/m1../s1. The van der Waals surface area contributed by atoms with Gasteiger partial charge in [0.05, 0.1) is 17.9 Å². The summed E-state index contributed by atoms with van der Waals surface area (Å²) in [6, 6.07) is 16.9. The largest absolute Gasteiger partial charge is 0.497 e. The fourth-order valence-electron chi connectivity index (χ4n) is 5.34. The Bertz CT molecular complexity index is 1640. The van der Waals surface area contributed by atoms with Gasteiger partial charge in [0.2, 0.25) is 12.3 Å². The minimum atomic E-state index is -1.08. The number of methoxy groups -OCH3 is 1. The number of ether oxygens (including phenoxy) is 2. The van der Waals surface area contributed by atoms with E-state index >= 15 is 0 Å². The van der Waals surface area contributed by atoms with E-state index < -0.39 is 17.1 Å². The van der Waals surface area contributed by atoms with E-state index in [-0.39, 0.29) is 28.5 Å². The Labute approximate surface area is 290 Å². The van der Waals surface area contributed by atoms with Crippen LogP contribution in [0.1, 0.15) is 64.7 Å². The van der Waals surface area contributed by atoms with E-state index in [0.29, 0.717) is 31.0 Å². The van der Waals surface area contributed by atoms with Gasteiger partial charge in [-0.1, -0.05) is 36.4 Å². The van der Waals surface area contributed by atoms with Crippen LogP contribution < -0.4 is 20.2 Å². The molecule has 1 saturated heterocycles. The van der Waals surface area contributed by atoms with Crippen LogP contribution in [-0.4, -0.2) is 76.0 Å². The predicted octanol–water partition coefficient (Wildman–Crippen LogP) is 4.78. The lowest BCUT2D eigenvalue weighted by Crippen LogP contribution is -2.49. The Morgan fingerprint density at radius 3 is 2.49 bits per heavy atom. The highest BCUT2D eigenvalue weighted by molar-refractivity contribution is 7.84. The topological polar surface area (TPSA) is 147 Å². The number of amides is 3. The molecular formula is C37H48N4O7S. The SMILES string of the molecule is C=CCCCCO[C@H](C)C(=O)N1CCCC1C(=O)NC1CC1.COc1ccc2c(=O)cc(-c3ccccc3)[nH]c2c1.O=CNS(=O)C1CC1. The zero-order valence-electron chi connectivity index (χ0n) is 28.4. The maximum absolute atomic E-state index is 12.5. The van der Waals surface area contributed by atoms with Gasteiger partial charge in [-0.2, -0.15) is 0 Å². The molecule has 12 heteroatoms. The Morgan fingerprint density at radius 2 is 1.84 bits per heavy atom. The molecule has 2 heterocycles. The number of likely N-dealkylation sites (tertiary alicyclic amines) is 1. The molecule has 2 aromatic carbocycles. The van der Waals surface area contributed by atoms with Gasteiger partial charge in [-0.05, 0) is 82.4 Å². The lowest BCUT2D eigenvalue weighted by Gasteiger charge is -2.26. The second-order valence-corrected chi connectivity index (χ2v) is 13.8. The fraction of sp³-hybridized carbons (Fsp3) is 0.459. The smallest absolute Gasteiger partial charge is 0.252 e. The van der Waals surface area contributed by atoms with Crippen LogP contribution in [0.4, 0.5) is 0 Å². The molecule has 3 atom stereocenters. The molecule has 0 radical (unpaired) electrons. The molecule has 1 aliphatic heterocycles. The zero-order valence-corrected chi connectivity index (χ0v) is 29.2. The molecule has 3 aliphatic rings. The minimum Gasteiger partial charge on any atom is -0.497 e. The van der Waals surface area contributed by atoms with Crippen molar-refractivity contribution in [3.63, 3.8) is 0 Å². The maximum atomic E-state index is 12.5. The van der Waals surface area contributed by atoms with Gasteiger partial charge in [-0.15, -0.1) is 6.58 Å². The zero-order chi connectivity index (χ0) is 35.2. The van der Waals surface area contributed by atoms with E-state index in [9.17, 15) is 23.4 Å². The Kier molecular flexibility index (Phi) is 14.6. The molecule has 3 N–H and O–H groups in total. The van der Waals surface area contributed by atoms with E-state index in [4.69, 9.17) is 9.47 Å². The third kappa shape index (κ3) is 11.7. The molecule has 2 saturated carbocycles. The number of carbonyl (C=O) groups excluding carboxylic acids is 3. The van der Waals surface area contributed by atoms with Crippen molar-refractivity contribution in [2.24, 2.45) is 0 Å². The molecule has 2 aliphatic carbocycles. The molecule has 3 aromatic rings. The van der Waals surface area contributed by atoms with Crippen LogP contribution in [0.2, 0.25) is 0 Å². The van der Waals surface area contributed by atoms with Crippen LogP contribution in [0.25, 0.3) is 22.2 Å². The van der Waals surface area contributed by atoms with Crippen molar-refractivity contribution in [3.05, 3.63) is 77.5 Å². The number of fused-ring (bicyclic) bond motifs is 1. The first-order chi connectivity index (χ1) is 23.7. The summed E-state index contributed by atoms with van der Waals surface area (Å²) < 4.78 is 23.6. The van der Waals surface area contributed by atoms with E-state index in [0.717, 1.165) is 80.3 Å². The number of pyridine rings is 1. The van der Waals surface area contributed by atoms with Crippen molar-refractivity contribution in [3.8, 4) is 17.0 Å². The summed E-state index contributed by atoms with van der Waals surface area (Å²) in [5, 5.41) is 3.92. The highest BCUT2D eigenvalue weighted by atomic mass is 32.2. The fourth-order valence-corrected chi connectivity index (χ4v) is 6.19. The molecular weight excluding hydrogens is 644 g/mol. The van der Waals surface area contributed by atoms with Crippen LogP contribution in [0.3, 0.4) is 0 Å². The van der Waals surface area contributed by atoms with Gasteiger partial charge in [-0.3, -0.25) is 23.9 Å². The first-order valence-electron chi connectivity index (χ1n) is 17.0. The van der Waals surface area contributed by atoms with Crippen molar-refractivity contribution in [1.82, 2.24) is 19.9 Å². The quantitative estimate of drug-likeness (QED) is 0.125. The number of hydrogen-bond acceptors (Lipinski definition) is 7. The highest BCUT2D eigenvalue weighted by Crippen LogP contribution is 2.25. The average Bonchev–Trinajstić information content (AvgIpc) is 4.07. The lowest BCUT2D eigenvalue weighted by molar-refractivity contribution is -0.147. The summed E-state index contributed by atoms with van der Waals surface area (Å²) in [7, 11) is 0.533. The predicted molar refractivity (Wildman–Crippen MR) is 192 cm³/mol. The third-order valence-corrected chi connectivity index (χ3v) is 9.80. The first kappa shape index (κ1) is 37.5. The molecule has 264 valence electrons. The number of rotatable bonds is 14. The van der Waals surface area contributed by atoms with E-state index in [1.807, 2.05) is 42.5 Å². The molecule has 0 bridgehead atoms. The summed E-state index contributed by atoms with van der Waals surface area (Å²) in [6.45, 7) is 6.70. The number of allylic oxidation sites excluding steroid dienone is 1.